The van der Waals surface area contributed by atoms with E-state index < -0.39 is 0 Å². The van der Waals surface area contributed by atoms with Gasteiger partial charge in [0.25, 0.3) is 0 Å². The molecule has 0 fully saturated rings. The van der Waals surface area contributed by atoms with Gasteiger partial charge in [-0.15, -0.1) is 0 Å². The highest BCUT2D eigenvalue weighted by atomic mass is 14.9. The Morgan fingerprint density at radius 1 is 1.14 bits per heavy atom. The van der Waals surface area contributed by atoms with Crippen LogP contribution in [0, 0.1) is 5.92 Å². The van der Waals surface area contributed by atoms with Gasteiger partial charge in [-0.1, -0.05) is 50.6 Å². The highest BCUT2D eigenvalue weighted by Crippen LogP contribution is 2.11. The fourth-order valence-electron chi connectivity index (χ4n) is 1.38. The highest BCUT2D eigenvalue weighted by Gasteiger charge is 2.05. The maximum absolute atomic E-state index is 3.55. The van der Waals surface area contributed by atoms with Crippen molar-refractivity contribution in [3.8, 4) is 0 Å². The lowest BCUT2D eigenvalue weighted by Gasteiger charge is -2.16. The summed E-state index contributed by atoms with van der Waals surface area (Å²) in [6, 6.07) is 11.1. The first-order valence-electron chi connectivity index (χ1n) is 5.52. The van der Waals surface area contributed by atoms with E-state index in [1.165, 1.54) is 12.0 Å². The molecule has 0 aliphatic carbocycles. The summed E-state index contributed by atoms with van der Waals surface area (Å²) in [7, 11) is 0. The minimum atomic E-state index is 0.463. The van der Waals surface area contributed by atoms with Crippen molar-refractivity contribution in [1.29, 1.82) is 0 Å². The minimum absolute atomic E-state index is 0.463. The summed E-state index contributed by atoms with van der Waals surface area (Å²) in [5.74, 6) is 0.765. The quantitative estimate of drug-likeness (QED) is 0.752. The van der Waals surface area contributed by atoms with Crippen molar-refractivity contribution in [3.05, 3.63) is 35.9 Å². The van der Waals surface area contributed by atoms with E-state index in [1.54, 1.807) is 0 Å². The fourth-order valence-corrected chi connectivity index (χ4v) is 1.38. The summed E-state index contributed by atoms with van der Waals surface area (Å²) < 4.78 is 0. The van der Waals surface area contributed by atoms with E-state index in [4.69, 9.17) is 0 Å². The van der Waals surface area contributed by atoms with Crippen LogP contribution in [-0.4, -0.2) is 6.54 Å². The lowest BCUT2D eigenvalue weighted by Crippen LogP contribution is -2.24. The summed E-state index contributed by atoms with van der Waals surface area (Å²) in [5.41, 5.74) is 1.37. The van der Waals surface area contributed by atoms with Gasteiger partial charge in [0.2, 0.25) is 0 Å². The van der Waals surface area contributed by atoms with Crippen molar-refractivity contribution >= 4 is 0 Å². The molecule has 78 valence electrons. The predicted molar refractivity (Wildman–Crippen MR) is 62.3 cm³/mol. The van der Waals surface area contributed by atoms with Crippen LogP contribution in [0.4, 0.5) is 0 Å². The van der Waals surface area contributed by atoms with Crippen LogP contribution >= 0.6 is 0 Å². The molecule has 0 aliphatic heterocycles. The Hall–Kier alpha value is -0.820. The average Bonchev–Trinajstić information content (AvgIpc) is 2.26. The maximum Gasteiger partial charge on any atom is 0.0291 e. The van der Waals surface area contributed by atoms with Crippen LogP contribution in [0.1, 0.15) is 38.8 Å². The Bertz CT molecular complexity index is 243. The van der Waals surface area contributed by atoms with E-state index in [9.17, 15) is 0 Å². The lowest BCUT2D eigenvalue weighted by molar-refractivity contribution is 0.461. The van der Waals surface area contributed by atoms with Crippen molar-refractivity contribution in [2.75, 3.05) is 6.54 Å². The van der Waals surface area contributed by atoms with Crippen molar-refractivity contribution in [2.45, 2.75) is 33.2 Å². The van der Waals surface area contributed by atoms with Gasteiger partial charge in [-0.3, -0.25) is 0 Å². The van der Waals surface area contributed by atoms with Crippen LogP contribution in [0.25, 0.3) is 0 Å². The Labute approximate surface area is 87.5 Å². The standard InChI is InChI=1S/C13H21N/c1-4-11(2)10-14-12(3)13-8-6-5-7-9-13/h5-9,11-12,14H,4,10H2,1-3H3. The summed E-state index contributed by atoms with van der Waals surface area (Å²) in [6.45, 7) is 7.84. The topological polar surface area (TPSA) is 12.0 Å². The van der Waals surface area contributed by atoms with E-state index in [0.717, 1.165) is 12.5 Å². The van der Waals surface area contributed by atoms with E-state index in [-0.39, 0.29) is 0 Å². The second kappa shape index (κ2) is 5.82. The first kappa shape index (κ1) is 11.3. The van der Waals surface area contributed by atoms with Crippen LogP contribution < -0.4 is 5.32 Å². The Balaban J connectivity index is 2.39. The molecule has 0 heterocycles. The zero-order chi connectivity index (χ0) is 10.4. The Kier molecular flexibility index (Phi) is 4.68. The Morgan fingerprint density at radius 2 is 1.79 bits per heavy atom. The van der Waals surface area contributed by atoms with Gasteiger partial charge < -0.3 is 5.32 Å². The second-order valence-corrected chi connectivity index (χ2v) is 4.05. The average molecular weight is 191 g/mol. The van der Waals surface area contributed by atoms with Gasteiger partial charge in [-0.25, -0.2) is 0 Å². The molecule has 1 aromatic rings. The van der Waals surface area contributed by atoms with Gasteiger partial charge in [0.15, 0.2) is 0 Å². The van der Waals surface area contributed by atoms with Crippen LogP contribution in [0.5, 0.6) is 0 Å². The maximum atomic E-state index is 3.55. The first-order valence-corrected chi connectivity index (χ1v) is 5.52. The van der Waals surface area contributed by atoms with Gasteiger partial charge in [0, 0.05) is 6.04 Å². The molecule has 0 saturated carbocycles. The minimum Gasteiger partial charge on any atom is -0.310 e. The van der Waals surface area contributed by atoms with E-state index in [2.05, 4.69) is 56.4 Å². The monoisotopic (exact) mass is 191 g/mol. The van der Waals surface area contributed by atoms with Crippen molar-refractivity contribution in [2.24, 2.45) is 5.92 Å². The molecule has 2 unspecified atom stereocenters. The zero-order valence-corrected chi connectivity index (χ0v) is 9.46. The molecule has 1 nitrogen and oxygen atoms in total. The number of rotatable bonds is 5. The van der Waals surface area contributed by atoms with Crippen molar-refractivity contribution in [1.82, 2.24) is 5.32 Å². The van der Waals surface area contributed by atoms with Gasteiger partial charge in [0.1, 0.15) is 0 Å². The largest absolute Gasteiger partial charge is 0.310 e. The molecule has 0 bridgehead atoms. The van der Waals surface area contributed by atoms with Crippen molar-refractivity contribution < 1.29 is 0 Å². The normalized spacial score (nSPS) is 15.1. The molecule has 0 radical (unpaired) electrons. The third kappa shape index (κ3) is 3.51. The number of nitrogens with one attached hydrogen (secondary N) is 1. The molecule has 1 aromatic carbocycles. The molecule has 14 heavy (non-hydrogen) atoms. The van der Waals surface area contributed by atoms with Gasteiger partial charge in [0.05, 0.1) is 0 Å². The zero-order valence-electron chi connectivity index (χ0n) is 9.46. The van der Waals surface area contributed by atoms with Crippen LogP contribution in [-0.2, 0) is 0 Å². The SMILES string of the molecule is CCC(C)CNC(C)c1ccccc1. The van der Waals surface area contributed by atoms with Crippen LogP contribution in [0.3, 0.4) is 0 Å². The molecule has 0 aliphatic rings. The lowest BCUT2D eigenvalue weighted by atomic mass is 10.1. The predicted octanol–water partition coefficient (Wildman–Crippen LogP) is 3.38. The van der Waals surface area contributed by atoms with E-state index in [1.807, 2.05) is 0 Å². The van der Waals surface area contributed by atoms with Gasteiger partial charge >= 0.3 is 0 Å². The van der Waals surface area contributed by atoms with Crippen molar-refractivity contribution in [3.63, 3.8) is 0 Å². The third-order valence-electron chi connectivity index (χ3n) is 2.77. The third-order valence-corrected chi connectivity index (χ3v) is 2.77. The molecular formula is C13H21N. The molecule has 1 N–H and O–H groups in total. The van der Waals surface area contributed by atoms with Gasteiger partial charge in [-0.2, -0.15) is 0 Å². The molecule has 1 rings (SSSR count). The van der Waals surface area contributed by atoms with E-state index in [0.29, 0.717) is 6.04 Å². The fraction of sp³-hybridized carbons (Fsp3) is 0.538. The first-order chi connectivity index (χ1) is 6.74. The van der Waals surface area contributed by atoms with Crippen LogP contribution in [0.2, 0.25) is 0 Å². The number of hydrogen-bond donors (Lipinski definition) is 1. The highest BCUT2D eigenvalue weighted by molar-refractivity contribution is 5.17. The number of benzene rings is 1. The Morgan fingerprint density at radius 3 is 2.36 bits per heavy atom. The second-order valence-electron chi connectivity index (χ2n) is 4.05. The summed E-state index contributed by atoms with van der Waals surface area (Å²) >= 11 is 0. The number of hydrogen-bond acceptors (Lipinski definition) is 1. The van der Waals surface area contributed by atoms with Gasteiger partial charge in [-0.05, 0) is 24.9 Å². The smallest absolute Gasteiger partial charge is 0.0291 e. The molecule has 0 aromatic heterocycles. The molecule has 0 saturated heterocycles. The summed E-state index contributed by atoms with van der Waals surface area (Å²) in [6.07, 6.45) is 1.24. The molecule has 0 amide bonds. The van der Waals surface area contributed by atoms with E-state index >= 15 is 0 Å². The molecule has 2 atom stereocenters. The molecular weight excluding hydrogens is 170 g/mol. The summed E-state index contributed by atoms with van der Waals surface area (Å²) in [5, 5.41) is 3.55. The summed E-state index contributed by atoms with van der Waals surface area (Å²) in [4.78, 5) is 0. The molecule has 1 heteroatoms. The van der Waals surface area contributed by atoms with Crippen LogP contribution in [0.15, 0.2) is 30.3 Å². The molecule has 0 spiro atoms.